The summed E-state index contributed by atoms with van der Waals surface area (Å²) >= 11 is 0. The van der Waals surface area contributed by atoms with E-state index in [2.05, 4.69) is 5.32 Å². The molecule has 1 atom stereocenters. The van der Waals surface area contributed by atoms with Crippen molar-refractivity contribution < 1.29 is 14.3 Å². The van der Waals surface area contributed by atoms with E-state index in [0.717, 1.165) is 11.3 Å². The van der Waals surface area contributed by atoms with Crippen molar-refractivity contribution >= 4 is 17.6 Å². The average molecular weight is 247 g/mol. The summed E-state index contributed by atoms with van der Waals surface area (Å²) in [6, 6.07) is 7.54. The van der Waals surface area contributed by atoms with Gasteiger partial charge in [-0.1, -0.05) is 25.1 Å². The lowest BCUT2D eigenvalue weighted by Crippen LogP contribution is -2.48. The third kappa shape index (κ3) is 1.88. The zero-order valence-corrected chi connectivity index (χ0v) is 10.7. The number of hydrogen-bond donors (Lipinski definition) is 1. The van der Waals surface area contributed by atoms with Gasteiger partial charge in [0.25, 0.3) is 0 Å². The van der Waals surface area contributed by atoms with Crippen molar-refractivity contribution in [3.63, 3.8) is 0 Å². The van der Waals surface area contributed by atoms with Gasteiger partial charge in [0.1, 0.15) is 0 Å². The minimum Gasteiger partial charge on any atom is -0.465 e. The molecule has 96 valence electrons. The molecule has 4 heteroatoms. The van der Waals surface area contributed by atoms with Crippen molar-refractivity contribution in [1.29, 1.82) is 0 Å². The summed E-state index contributed by atoms with van der Waals surface area (Å²) in [7, 11) is 0. The number of amides is 1. The molecule has 1 aromatic rings. The number of esters is 1. The highest BCUT2D eigenvalue weighted by Crippen LogP contribution is 2.37. The van der Waals surface area contributed by atoms with Gasteiger partial charge in [-0.05, 0) is 31.4 Å². The molecular weight excluding hydrogens is 230 g/mol. The second kappa shape index (κ2) is 4.80. The van der Waals surface area contributed by atoms with Crippen molar-refractivity contribution in [2.75, 3.05) is 11.9 Å². The molecule has 1 N–H and O–H groups in total. The molecule has 1 unspecified atom stereocenters. The summed E-state index contributed by atoms with van der Waals surface area (Å²) in [6.45, 7) is 3.87. The molecule has 1 aromatic carbocycles. The van der Waals surface area contributed by atoms with E-state index in [4.69, 9.17) is 4.74 Å². The number of benzene rings is 1. The number of nitrogens with one attached hydrogen (secondary N) is 1. The predicted molar refractivity (Wildman–Crippen MR) is 68.1 cm³/mol. The first-order valence-electron chi connectivity index (χ1n) is 6.20. The highest BCUT2D eigenvalue weighted by atomic mass is 16.5. The zero-order valence-electron chi connectivity index (χ0n) is 10.7. The Hall–Kier alpha value is -1.84. The minimum atomic E-state index is -1.08. The molecule has 1 amide bonds. The number of fused-ring (bicyclic) bond motifs is 1. The van der Waals surface area contributed by atoms with Gasteiger partial charge in [0.15, 0.2) is 5.41 Å². The van der Waals surface area contributed by atoms with E-state index in [9.17, 15) is 9.59 Å². The number of hydrogen-bond acceptors (Lipinski definition) is 3. The normalized spacial score (nSPS) is 22.0. The topological polar surface area (TPSA) is 55.4 Å². The van der Waals surface area contributed by atoms with E-state index in [1.165, 1.54) is 0 Å². The maximum Gasteiger partial charge on any atom is 0.321 e. The molecule has 1 aliphatic rings. The summed E-state index contributed by atoms with van der Waals surface area (Å²) in [6.07, 6.45) is 0.844. The lowest BCUT2D eigenvalue weighted by molar-refractivity contribution is -0.159. The Morgan fingerprint density at radius 3 is 2.78 bits per heavy atom. The molecule has 1 aliphatic heterocycles. The van der Waals surface area contributed by atoms with Crippen molar-refractivity contribution in [3.05, 3.63) is 29.8 Å². The fourth-order valence-corrected chi connectivity index (χ4v) is 2.31. The molecule has 0 saturated carbocycles. The molecule has 18 heavy (non-hydrogen) atoms. The second-order valence-electron chi connectivity index (χ2n) is 4.44. The number of rotatable bonds is 3. The van der Waals surface area contributed by atoms with Gasteiger partial charge in [-0.15, -0.1) is 0 Å². The standard InChI is InChI=1S/C14H17NO3/c1-3-14(13(17)18-4-2)9-10-7-5-6-8-11(10)15-12(14)16/h5-8H,3-4,9H2,1-2H3,(H,15,16). The summed E-state index contributed by atoms with van der Waals surface area (Å²) in [5.74, 6) is -0.693. The number of ether oxygens (including phenoxy) is 1. The van der Waals surface area contributed by atoms with Gasteiger partial charge in [-0.25, -0.2) is 0 Å². The van der Waals surface area contributed by atoms with E-state index in [1.807, 2.05) is 31.2 Å². The highest BCUT2D eigenvalue weighted by Gasteiger charge is 2.48. The van der Waals surface area contributed by atoms with Crippen LogP contribution in [0, 0.1) is 5.41 Å². The zero-order chi connectivity index (χ0) is 13.2. The summed E-state index contributed by atoms with van der Waals surface area (Å²) in [5.41, 5.74) is 0.688. The maximum atomic E-state index is 12.2. The first-order chi connectivity index (χ1) is 8.64. The minimum absolute atomic E-state index is 0.262. The Bertz CT molecular complexity index is 484. The van der Waals surface area contributed by atoms with Crippen molar-refractivity contribution in [1.82, 2.24) is 0 Å². The first-order valence-corrected chi connectivity index (χ1v) is 6.20. The van der Waals surface area contributed by atoms with Crippen LogP contribution in [0.2, 0.25) is 0 Å². The largest absolute Gasteiger partial charge is 0.465 e. The Kier molecular flexibility index (Phi) is 3.36. The predicted octanol–water partition coefficient (Wildman–Crippen LogP) is 2.14. The van der Waals surface area contributed by atoms with Gasteiger partial charge in [0.05, 0.1) is 6.61 Å². The van der Waals surface area contributed by atoms with Gasteiger partial charge in [-0.2, -0.15) is 0 Å². The van der Waals surface area contributed by atoms with Gasteiger partial charge in [0, 0.05) is 5.69 Å². The fraction of sp³-hybridized carbons (Fsp3) is 0.429. The molecular formula is C14H17NO3. The molecule has 0 spiro atoms. The first kappa shape index (κ1) is 12.6. The lowest BCUT2D eigenvalue weighted by atomic mass is 9.75. The monoisotopic (exact) mass is 247 g/mol. The highest BCUT2D eigenvalue weighted by molar-refractivity contribution is 6.11. The van der Waals surface area contributed by atoms with Crippen LogP contribution in [0.25, 0.3) is 0 Å². The third-order valence-electron chi connectivity index (χ3n) is 3.46. The number of carbonyl (C=O) groups is 2. The average Bonchev–Trinajstić information content (AvgIpc) is 2.38. The summed E-state index contributed by atoms with van der Waals surface area (Å²) < 4.78 is 5.06. The van der Waals surface area contributed by atoms with Gasteiger partial charge >= 0.3 is 5.97 Å². The van der Waals surface area contributed by atoms with Gasteiger partial charge in [-0.3, -0.25) is 9.59 Å². The van der Waals surface area contributed by atoms with E-state index in [-0.39, 0.29) is 12.5 Å². The third-order valence-corrected chi connectivity index (χ3v) is 3.46. The van der Waals surface area contributed by atoms with Crippen molar-refractivity contribution in [2.45, 2.75) is 26.7 Å². The molecule has 0 bridgehead atoms. The number of anilines is 1. The summed E-state index contributed by atoms with van der Waals surface area (Å²) in [4.78, 5) is 24.3. The second-order valence-corrected chi connectivity index (χ2v) is 4.44. The van der Waals surface area contributed by atoms with Crippen LogP contribution in [0.15, 0.2) is 24.3 Å². The fourth-order valence-electron chi connectivity index (χ4n) is 2.31. The molecule has 4 nitrogen and oxygen atoms in total. The van der Waals surface area contributed by atoms with Crippen LogP contribution in [-0.4, -0.2) is 18.5 Å². The van der Waals surface area contributed by atoms with E-state index in [1.54, 1.807) is 6.92 Å². The lowest BCUT2D eigenvalue weighted by Gasteiger charge is -2.33. The van der Waals surface area contributed by atoms with Gasteiger partial charge in [0.2, 0.25) is 5.91 Å². The molecule has 0 aromatic heterocycles. The van der Waals surface area contributed by atoms with Crippen molar-refractivity contribution in [3.8, 4) is 0 Å². The van der Waals surface area contributed by atoms with E-state index < -0.39 is 11.4 Å². The van der Waals surface area contributed by atoms with Crippen LogP contribution in [0.4, 0.5) is 5.69 Å². The van der Waals surface area contributed by atoms with Crippen LogP contribution < -0.4 is 5.32 Å². The molecule has 2 rings (SSSR count). The van der Waals surface area contributed by atoms with Crippen LogP contribution in [-0.2, 0) is 20.7 Å². The molecule has 0 aliphatic carbocycles. The molecule has 0 fully saturated rings. The molecule has 0 radical (unpaired) electrons. The summed E-state index contributed by atoms with van der Waals surface area (Å²) in [5, 5.41) is 2.80. The van der Waals surface area contributed by atoms with E-state index >= 15 is 0 Å². The molecule has 1 heterocycles. The van der Waals surface area contributed by atoms with E-state index in [0.29, 0.717) is 12.8 Å². The van der Waals surface area contributed by atoms with Crippen LogP contribution >= 0.6 is 0 Å². The smallest absolute Gasteiger partial charge is 0.321 e. The quantitative estimate of drug-likeness (QED) is 0.657. The molecule has 0 saturated heterocycles. The van der Waals surface area contributed by atoms with Crippen molar-refractivity contribution in [2.24, 2.45) is 5.41 Å². The Morgan fingerprint density at radius 2 is 2.11 bits per heavy atom. The Balaban J connectivity index is 2.39. The number of para-hydroxylation sites is 1. The SMILES string of the molecule is CCOC(=O)C1(CC)Cc2ccccc2NC1=O. The maximum absolute atomic E-state index is 12.2. The Morgan fingerprint density at radius 1 is 1.39 bits per heavy atom. The van der Waals surface area contributed by atoms with Gasteiger partial charge < -0.3 is 10.1 Å². The van der Waals surface area contributed by atoms with Crippen LogP contribution in [0.5, 0.6) is 0 Å². The number of carbonyl (C=O) groups excluding carboxylic acids is 2. The van der Waals surface area contributed by atoms with Crippen LogP contribution in [0.1, 0.15) is 25.8 Å². The van der Waals surface area contributed by atoms with Crippen LogP contribution in [0.3, 0.4) is 0 Å². The Labute approximate surface area is 106 Å².